The fourth-order valence-corrected chi connectivity index (χ4v) is 3.00. The maximum atomic E-state index is 12.7. The molecule has 0 N–H and O–H groups in total. The van der Waals surface area contributed by atoms with E-state index in [0.717, 1.165) is 31.2 Å². The van der Waals surface area contributed by atoms with Gasteiger partial charge in [0.1, 0.15) is 6.04 Å². The summed E-state index contributed by atoms with van der Waals surface area (Å²) in [5, 5.41) is 0. The van der Waals surface area contributed by atoms with Gasteiger partial charge in [-0.05, 0) is 50.8 Å². The first-order valence-electron chi connectivity index (χ1n) is 10.1. The van der Waals surface area contributed by atoms with E-state index in [1.807, 2.05) is 19.1 Å². The zero-order valence-electron chi connectivity index (χ0n) is 17.5. The zero-order valence-corrected chi connectivity index (χ0v) is 17.5. The number of esters is 1. The van der Waals surface area contributed by atoms with Gasteiger partial charge in [-0.2, -0.15) is 0 Å². The standard InChI is InChI=1S/C22H35NO4/c1-6-9-10-11-14-23(22(25)27-8-3)20(21(24)26-7-2)16-19-13-12-17(4)18(5)15-19/h12-13,15,20H,6-11,14,16H2,1-5H3. The van der Waals surface area contributed by atoms with Crippen molar-refractivity contribution in [2.75, 3.05) is 19.8 Å². The van der Waals surface area contributed by atoms with Gasteiger partial charge in [0.05, 0.1) is 13.2 Å². The summed E-state index contributed by atoms with van der Waals surface area (Å²) >= 11 is 0. The molecule has 0 aliphatic rings. The number of benzene rings is 1. The molecule has 5 heteroatoms. The summed E-state index contributed by atoms with van der Waals surface area (Å²) in [6, 6.07) is 5.45. The quantitative estimate of drug-likeness (QED) is 0.410. The van der Waals surface area contributed by atoms with Crippen molar-refractivity contribution < 1.29 is 19.1 Å². The van der Waals surface area contributed by atoms with Gasteiger partial charge in [-0.3, -0.25) is 4.90 Å². The summed E-state index contributed by atoms with van der Waals surface area (Å²) in [7, 11) is 0. The number of ether oxygens (including phenoxy) is 2. The van der Waals surface area contributed by atoms with Gasteiger partial charge < -0.3 is 9.47 Å². The van der Waals surface area contributed by atoms with Crippen LogP contribution in [0.15, 0.2) is 18.2 Å². The van der Waals surface area contributed by atoms with Crippen LogP contribution < -0.4 is 0 Å². The van der Waals surface area contributed by atoms with Crippen molar-refractivity contribution in [3.05, 3.63) is 34.9 Å². The summed E-state index contributed by atoms with van der Waals surface area (Å²) in [6.07, 6.45) is 4.06. The van der Waals surface area contributed by atoms with Crippen LogP contribution in [0.1, 0.15) is 63.1 Å². The van der Waals surface area contributed by atoms with E-state index in [1.165, 1.54) is 11.1 Å². The molecule has 1 unspecified atom stereocenters. The van der Waals surface area contributed by atoms with Crippen LogP contribution in [0.25, 0.3) is 0 Å². The van der Waals surface area contributed by atoms with Crippen LogP contribution in [0.4, 0.5) is 4.79 Å². The van der Waals surface area contributed by atoms with Crippen LogP contribution >= 0.6 is 0 Å². The van der Waals surface area contributed by atoms with Gasteiger partial charge in [-0.1, -0.05) is 44.4 Å². The highest BCUT2D eigenvalue weighted by atomic mass is 16.6. The number of rotatable bonds is 11. The maximum absolute atomic E-state index is 12.7. The number of unbranched alkanes of at least 4 members (excludes halogenated alkanes) is 3. The van der Waals surface area contributed by atoms with Crippen molar-refractivity contribution in [3.63, 3.8) is 0 Å². The van der Waals surface area contributed by atoms with E-state index in [9.17, 15) is 9.59 Å². The third kappa shape index (κ3) is 7.61. The molecule has 0 aliphatic carbocycles. The van der Waals surface area contributed by atoms with Crippen molar-refractivity contribution in [3.8, 4) is 0 Å². The van der Waals surface area contributed by atoms with Crippen molar-refractivity contribution in [1.29, 1.82) is 0 Å². The number of carbonyl (C=O) groups is 2. The number of hydrogen-bond acceptors (Lipinski definition) is 4. The summed E-state index contributed by atoms with van der Waals surface area (Å²) in [5.41, 5.74) is 3.38. The summed E-state index contributed by atoms with van der Waals surface area (Å²) in [5.74, 6) is -0.376. The zero-order chi connectivity index (χ0) is 20.2. The van der Waals surface area contributed by atoms with E-state index in [4.69, 9.17) is 9.47 Å². The predicted molar refractivity (Wildman–Crippen MR) is 108 cm³/mol. The molecular weight excluding hydrogens is 342 g/mol. The number of aryl methyl sites for hydroxylation is 2. The second-order valence-electron chi connectivity index (χ2n) is 6.84. The minimum absolute atomic E-state index is 0.281. The smallest absolute Gasteiger partial charge is 0.410 e. The largest absolute Gasteiger partial charge is 0.464 e. The van der Waals surface area contributed by atoms with E-state index >= 15 is 0 Å². The first kappa shape index (κ1) is 23.0. The first-order chi connectivity index (χ1) is 12.9. The van der Waals surface area contributed by atoms with Crippen LogP contribution in [-0.4, -0.2) is 42.8 Å². The van der Waals surface area contributed by atoms with Crippen molar-refractivity contribution in [2.45, 2.75) is 72.8 Å². The molecule has 0 heterocycles. The minimum Gasteiger partial charge on any atom is -0.464 e. The molecule has 1 amide bonds. The Morgan fingerprint density at radius 2 is 1.67 bits per heavy atom. The Hall–Kier alpha value is -2.04. The average molecular weight is 378 g/mol. The molecule has 152 valence electrons. The van der Waals surface area contributed by atoms with Gasteiger partial charge in [0.15, 0.2) is 0 Å². The normalized spacial score (nSPS) is 11.7. The van der Waals surface area contributed by atoms with Gasteiger partial charge in [0, 0.05) is 13.0 Å². The number of carbonyl (C=O) groups excluding carboxylic acids is 2. The van der Waals surface area contributed by atoms with Crippen molar-refractivity contribution in [1.82, 2.24) is 4.90 Å². The van der Waals surface area contributed by atoms with Gasteiger partial charge >= 0.3 is 12.1 Å². The molecule has 0 spiro atoms. The second kappa shape index (κ2) is 12.4. The summed E-state index contributed by atoms with van der Waals surface area (Å²) < 4.78 is 10.5. The Kier molecular flexibility index (Phi) is 10.5. The van der Waals surface area contributed by atoms with E-state index < -0.39 is 12.1 Å². The van der Waals surface area contributed by atoms with Crippen LogP contribution in [0, 0.1) is 13.8 Å². The summed E-state index contributed by atoms with van der Waals surface area (Å²) in [4.78, 5) is 26.8. The monoisotopic (exact) mass is 377 g/mol. The van der Waals surface area contributed by atoms with Crippen molar-refractivity contribution >= 4 is 12.1 Å². The molecule has 1 aromatic rings. The second-order valence-corrected chi connectivity index (χ2v) is 6.84. The van der Waals surface area contributed by atoms with Crippen LogP contribution in [-0.2, 0) is 20.7 Å². The Morgan fingerprint density at radius 3 is 2.26 bits per heavy atom. The van der Waals surface area contributed by atoms with Crippen LogP contribution in [0.2, 0.25) is 0 Å². The van der Waals surface area contributed by atoms with Gasteiger partial charge in [-0.25, -0.2) is 9.59 Å². The molecular formula is C22H35NO4. The SMILES string of the molecule is CCCCCCN(C(=O)OCC)C(Cc1ccc(C)c(C)c1)C(=O)OCC. The molecule has 5 nitrogen and oxygen atoms in total. The molecule has 1 aromatic carbocycles. The van der Waals surface area contributed by atoms with Crippen LogP contribution in [0.3, 0.4) is 0 Å². The molecule has 1 rings (SSSR count). The minimum atomic E-state index is -0.673. The van der Waals surface area contributed by atoms with Crippen LogP contribution in [0.5, 0.6) is 0 Å². The lowest BCUT2D eigenvalue weighted by atomic mass is 10.00. The topological polar surface area (TPSA) is 55.8 Å². The molecule has 27 heavy (non-hydrogen) atoms. The Morgan fingerprint density at radius 1 is 0.963 bits per heavy atom. The Bertz CT molecular complexity index is 600. The van der Waals surface area contributed by atoms with E-state index in [2.05, 4.69) is 19.9 Å². The van der Waals surface area contributed by atoms with Crippen molar-refractivity contribution in [2.24, 2.45) is 0 Å². The number of amides is 1. The maximum Gasteiger partial charge on any atom is 0.410 e. The fourth-order valence-electron chi connectivity index (χ4n) is 3.00. The molecule has 0 saturated heterocycles. The van der Waals surface area contributed by atoms with E-state index in [0.29, 0.717) is 13.0 Å². The highest BCUT2D eigenvalue weighted by molar-refractivity contribution is 5.81. The molecule has 0 bridgehead atoms. The molecule has 0 saturated carbocycles. The lowest BCUT2D eigenvalue weighted by molar-refractivity contribution is -0.149. The Balaban J connectivity index is 3.06. The third-order valence-corrected chi connectivity index (χ3v) is 4.69. The highest BCUT2D eigenvalue weighted by Gasteiger charge is 2.32. The molecule has 0 aromatic heterocycles. The highest BCUT2D eigenvalue weighted by Crippen LogP contribution is 2.17. The first-order valence-corrected chi connectivity index (χ1v) is 10.1. The van der Waals surface area contributed by atoms with Gasteiger partial charge in [0.2, 0.25) is 0 Å². The average Bonchev–Trinajstić information content (AvgIpc) is 2.63. The molecule has 0 fully saturated rings. The number of nitrogens with zero attached hydrogens (tertiary/aromatic N) is 1. The Labute approximate surface area is 164 Å². The van der Waals surface area contributed by atoms with Gasteiger partial charge in [-0.15, -0.1) is 0 Å². The van der Waals surface area contributed by atoms with E-state index in [1.54, 1.807) is 18.7 Å². The summed E-state index contributed by atoms with van der Waals surface area (Å²) in [6.45, 7) is 10.9. The lowest BCUT2D eigenvalue weighted by Crippen LogP contribution is -2.48. The number of hydrogen-bond donors (Lipinski definition) is 0. The molecule has 0 aliphatic heterocycles. The van der Waals surface area contributed by atoms with Gasteiger partial charge in [0.25, 0.3) is 0 Å². The fraction of sp³-hybridized carbons (Fsp3) is 0.636. The van der Waals surface area contributed by atoms with E-state index in [-0.39, 0.29) is 19.2 Å². The third-order valence-electron chi connectivity index (χ3n) is 4.69. The predicted octanol–water partition coefficient (Wildman–Crippen LogP) is 4.82. The molecule has 1 atom stereocenters. The lowest BCUT2D eigenvalue weighted by Gasteiger charge is -2.29. The molecule has 0 radical (unpaired) electrons.